The maximum Gasteiger partial charge on any atom is 0.330 e. The number of hydrogen-bond acceptors (Lipinski definition) is 3. The summed E-state index contributed by atoms with van der Waals surface area (Å²) in [5.74, 6) is -0.388. The summed E-state index contributed by atoms with van der Waals surface area (Å²) in [6, 6.07) is 18.8. The van der Waals surface area contributed by atoms with Gasteiger partial charge in [0.25, 0.3) is 0 Å². The first-order valence-electron chi connectivity index (χ1n) is 7.67. The minimum atomic E-state index is -0.388. The van der Waals surface area contributed by atoms with Gasteiger partial charge >= 0.3 is 5.97 Å². The van der Waals surface area contributed by atoms with Gasteiger partial charge in [0.1, 0.15) is 0 Å². The van der Waals surface area contributed by atoms with E-state index in [9.17, 15) is 4.79 Å². The summed E-state index contributed by atoms with van der Waals surface area (Å²) in [4.78, 5) is 15.3. The first-order chi connectivity index (χ1) is 11.7. The lowest BCUT2D eigenvalue weighted by Gasteiger charge is -2.05. The lowest BCUT2D eigenvalue weighted by Crippen LogP contribution is -1.96. The lowest BCUT2D eigenvalue weighted by atomic mass is 10.0. The van der Waals surface area contributed by atoms with E-state index < -0.39 is 0 Å². The topological polar surface area (TPSA) is 44.1 Å². The molecule has 4 nitrogen and oxygen atoms in total. The van der Waals surface area contributed by atoms with Crippen molar-refractivity contribution in [3.63, 3.8) is 0 Å². The molecule has 0 atom stereocenters. The molecule has 0 amide bonds. The summed E-state index contributed by atoms with van der Waals surface area (Å²) in [5.41, 5.74) is 4.32. The van der Waals surface area contributed by atoms with Gasteiger partial charge in [-0.3, -0.25) is 0 Å². The smallest absolute Gasteiger partial charge is 0.330 e. The van der Waals surface area contributed by atoms with Crippen molar-refractivity contribution >= 4 is 12.0 Å². The van der Waals surface area contributed by atoms with Gasteiger partial charge in [0.2, 0.25) is 0 Å². The van der Waals surface area contributed by atoms with Gasteiger partial charge < -0.3 is 9.30 Å². The summed E-state index contributed by atoms with van der Waals surface area (Å²) < 4.78 is 6.54. The van der Waals surface area contributed by atoms with Crippen molar-refractivity contribution in [3.8, 4) is 11.1 Å². The Bertz CT molecular complexity index is 834. The van der Waals surface area contributed by atoms with Gasteiger partial charge in [-0.25, -0.2) is 9.78 Å². The zero-order chi connectivity index (χ0) is 16.8. The fraction of sp³-hybridized carbons (Fsp3) is 0.100. The molecule has 0 fully saturated rings. The normalized spacial score (nSPS) is 10.9. The fourth-order valence-corrected chi connectivity index (χ4v) is 2.42. The van der Waals surface area contributed by atoms with Crippen LogP contribution in [0.25, 0.3) is 17.2 Å². The highest BCUT2D eigenvalue weighted by Gasteiger charge is 2.01. The number of carbonyl (C=O) groups is 1. The van der Waals surface area contributed by atoms with Crippen molar-refractivity contribution in [1.29, 1.82) is 0 Å². The molecular weight excluding hydrogens is 300 g/mol. The molecule has 0 bridgehead atoms. The van der Waals surface area contributed by atoms with E-state index in [1.165, 1.54) is 29.9 Å². The van der Waals surface area contributed by atoms with E-state index in [4.69, 9.17) is 0 Å². The molecule has 1 heterocycles. The molecule has 2 aromatic carbocycles. The zero-order valence-corrected chi connectivity index (χ0v) is 13.4. The Labute approximate surface area is 141 Å². The number of aromatic nitrogens is 2. The molecule has 0 saturated heterocycles. The minimum absolute atomic E-state index is 0.388. The molecule has 120 valence electrons. The third kappa shape index (κ3) is 3.98. The third-order valence-electron chi connectivity index (χ3n) is 3.67. The monoisotopic (exact) mass is 318 g/mol. The van der Waals surface area contributed by atoms with E-state index >= 15 is 0 Å². The molecule has 3 aromatic rings. The van der Waals surface area contributed by atoms with E-state index in [-0.39, 0.29) is 5.97 Å². The SMILES string of the molecule is COC(=O)/C=C/c1cn(Cc2ccc(-c3ccccc3)cc2)cn1. The molecule has 0 aliphatic rings. The second-order valence-electron chi connectivity index (χ2n) is 5.39. The fourth-order valence-electron chi connectivity index (χ4n) is 2.42. The van der Waals surface area contributed by atoms with Crippen LogP contribution in [0.3, 0.4) is 0 Å². The predicted octanol–water partition coefficient (Wildman–Crippen LogP) is 3.78. The number of nitrogens with zero attached hydrogens (tertiary/aromatic N) is 2. The largest absolute Gasteiger partial charge is 0.466 e. The average Bonchev–Trinajstić information content (AvgIpc) is 3.08. The van der Waals surface area contributed by atoms with Crippen LogP contribution >= 0.6 is 0 Å². The number of benzene rings is 2. The number of methoxy groups -OCH3 is 1. The summed E-state index contributed by atoms with van der Waals surface area (Å²) in [6.45, 7) is 0.730. The number of carbonyl (C=O) groups excluding carboxylic acids is 1. The Hall–Kier alpha value is -3.14. The van der Waals surface area contributed by atoms with Crippen LogP contribution in [-0.4, -0.2) is 22.6 Å². The van der Waals surface area contributed by atoms with Crippen molar-refractivity contribution in [2.45, 2.75) is 6.54 Å². The highest BCUT2D eigenvalue weighted by atomic mass is 16.5. The molecule has 1 aromatic heterocycles. The highest BCUT2D eigenvalue weighted by Crippen LogP contribution is 2.19. The lowest BCUT2D eigenvalue weighted by molar-refractivity contribution is -0.134. The second kappa shape index (κ2) is 7.42. The number of imidazole rings is 1. The molecule has 0 N–H and O–H groups in total. The van der Waals surface area contributed by atoms with Crippen LogP contribution in [0.1, 0.15) is 11.3 Å². The molecule has 0 saturated carbocycles. The molecule has 0 unspecified atom stereocenters. The van der Waals surface area contributed by atoms with Gasteiger partial charge in [-0.2, -0.15) is 0 Å². The van der Waals surface area contributed by atoms with Crippen LogP contribution in [-0.2, 0) is 16.1 Å². The first kappa shape index (κ1) is 15.7. The van der Waals surface area contributed by atoms with Crippen LogP contribution in [0.2, 0.25) is 0 Å². The molecule has 0 aliphatic heterocycles. The van der Waals surface area contributed by atoms with E-state index in [1.54, 1.807) is 12.4 Å². The van der Waals surface area contributed by atoms with Crippen molar-refractivity contribution < 1.29 is 9.53 Å². The highest BCUT2D eigenvalue weighted by molar-refractivity contribution is 5.86. The van der Waals surface area contributed by atoms with Gasteiger partial charge in [0, 0.05) is 18.8 Å². The first-order valence-corrected chi connectivity index (χ1v) is 7.67. The van der Waals surface area contributed by atoms with E-state index in [0.29, 0.717) is 0 Å². The summed E-state index contributed by atoms with van der Waals surface area (Å²) in [7, 11) is 1.35. The number of esters is 1. The standard InChI is InChI=1S/C20H18N2O2/c1-24-20(23)12-11-19-14-22(15-21-19)13-16-7-9-18(10-8-16)17-5-3-2-4-6-17/h2-12,14-15H,13H2,1H3/b12-11+. The molecule has 24 heavy (non-hydrogen) atoms. The summed E-state index contributed by atoms with van der Waals surface area (Å²) >= 11 is 0. The van der Waals surface area contributed by atoms with Crippen LogP contribution in [0.4, 0.5) is 0 Å². The molecule has 0 spiro atoms. The third-order valence-corrected chi connectivity index (χ3v) is 3.67. The van der Waals surface area contributed by atoms with Crippen molar-refractivity contribution in [2.24, 2.45) is 0 Å². The van der Waals surface area contributed by atoms with Crippen molar-refractivity contribution in [1.82, 2.24) is 9.55 Å². The van der Waals surface area contributed by atoms with Crippen LogP contribution in [0, 0.1) is 0 Å². The maximum absolute atomic E-state index is 11.1. The van der Waals surface area contributed by atoms with E-state index in [1.807, 2.05) is 29.0 Å². The summed E-state index contributed by atoms with van der Waals surface area (Å²) in [5, 5.41) is 0. The summed E-state index contributed by atoms with van der Waals surface area (Å²) in [6.07, 6.45) is 6.65. The van der Waals surface area contributed by atoms with Crippen LogP contribution in [0.5, 0.6) is 0 Å². The minimum Gasteiger partial charge on any atom is -0.466 e. The predicted molar refractivity (Wildman–Crippen MR) is 94.3 cm³/mol. The average molecular weight is 318 g/mol. The molecule has 0 aliphatic carbocycles. The van der Waals surface area contributed by atoms with Crippen LogP contribution in [0.15, 0.2) is 73.2 Å². The number of hydrogen-bond donors (Lipinski definition) is 0. The van der Waals surface area contributed by atoms with Crippen molar-refractivity contribution in [2.75, 3.05) is 7.11 Å². The van der Waals surface area contributed by atoms with Gasteiger partial charge in [0.15, 0.2) is 0 Å². The van der Waals surface area contributed by atoms with Crippen molar-refractivity contribution in [3.05, 3.63) is 84.5 Å². The second-order valence-corrected chi connectivity index (χ2v) is 5.39. The molecule has 0 radical (unpaired) electrons. The Kier molecular flexibility index (Phi) is 4.87. The maximum atomic E-state index is 11.1. The quantitative estimate of drug-likeness (QED) is 0.531. The molecule has 3 rings (SSSR count). The zero-order valence-electron chi connectivity index (χ0n) is 13.4. The Morgan fingerprint density at radius 3 is 2.50 bits per heavy atom. The van der Waals surface area contributed by atoms with Gasteiger partial charge in [-0.1, -0.05) is 54.6 Å². The van der Waals surface area contributed by atoms with E-state index in [2.05, 4.69) is 46.1 Å². The number of rotatable bonds is 5. The Balaban J connectivity index is 1.67. The molecule has 4 heteroatoms. The van der Waals surface area contributed by atoms with E-state index in [0.717, 1.165) is 12.2 Å². The van der Waals surface area contributed by atoms with Gasteiger partial charge in [-0.15, -0.1) is 0 Å². The van der Waals surface area contributed by atoms with Crippen LogP contribution < -0.4 is 0 Å². The Morgan fingerprint density at radius 1 is 1.08 bits per heavy atom. The number of ether oxygens (including phenoxy) is 1. The van der Waals surface area contributed by atoms with Gasteiger partial charge in [-0.05, 0) is 22.8 Å². The Morgan fingerprint density at radius 2 is 1.79 bits per heavy atom. The van der Waals surface area contributed by atoms with Gasteiger partial charge in [0.05, 0.1) is 19.1 Å². The molecular formula is C20H18N2O2.